The normalized spacial score (nSPS) is 19.8. The van der Waals surface area contributed by atoms with Crippen molar-refractivity contribution in [1.82, 2.24) is 19.5 Å². The van der Waals surface area contributed by atoms with Gasteiger partial charge >= 0.3 is 0 Å². The van der Waals surface area contributed by atoms with Crippen molar-refractivity contribution in [1.29, 1.82) is 0 Å². The van der Waals surface area contributed by atoms with Gasteiger partial charge in [-0.1, -0.05) is 37.3 Å². The molecule has 4 rings (SSSR count). The minimum atomic E-state index is -2.76. The highest BCUT2D eigenvalue weighted by molar-refractivity contribution is 6.00. The first kappa shape index (κ1) is 19.4. The number of hydrogen-bond donors (Lipinski definition) is 1. The smallest absolute Gasteiger partial charge is 0.280 e. The molecule has 0 saturated carbocycles. The molecule has 0 aliphatic carbocycles. The zero-order chi connectivity index (χ0) is 20.5. The van der Waals surface area contributed by atoms with Gasteiger partial charge in [0.05, 0.1) is 11.9 Å². The van der Waals surface area contributed by atoms with Gasteiger partial charge in [0.15, 0.2) is 5.65 Å². The molecule has 2 aromatic heterocycles. The summed E-state index contributed by atoms with van der Waals surface area (Å²) in [7, 11) is 0. The van der Waals surface area contributed by atoms with Gasteiger partial charge in [-0.3, -0.25) is 4.79 Å². The molecule has 1 aliphatic rings. The van der Waals surface area contributed by atoms with Crippen molar-refractivity contribution in [2.24, 2.45) is 11.7 Å². The van der Waals surface area contributed by atoms with Crippen molar-refractivity contribution in [3.63, 3.8) is 0 Å². The largest absolute Gasteiger partial charge is 0.334 e. The maximum atomic E-state index is 13.5. The van der Waals surface area contributed by atoms with E-state index in [0.29, 0.717) is 18.8 Å². The van der Waals surface area contributed by atoms with E-state index in [9.17, 15) is 13.6 Å². The number of nitrogens with zero attached hydrogens (tertiary/aromatic N) is 4. The van der Waals surface area contributed by atoms with E-state index in [4.69, 9.17) is 5.73 Å². The van der Waals surface area contributed by atoms with Crippen LogP contribution in [0.1, 0.15) is 42.2 Å². The zero-order valence-corrected chi connectivity index (χ0v) is 16.1. The summed E-state index contributed by atoms with van der Waals surface area (Å²) >= 11 is 0. The van der Waals surface area contributed by atoms with Crippen LogP contribution in [-0.4, -0.2) is 44.5 Å². The van der Waals surface area contributed by atoms with Gasteiger partial charge in [0.1, 0.15) is 11.3 Å². The number of hydrogen-bond acceptors (Lipinski definition) is 4. The van der Waals surface area contributed by atoms with Crippen molar-refractivity contribution in [2.45, 2.75) is 32.2 Å². The van der Waals surface area contributed by atoms with E-state index in [-0.39, 0.29) is 34.8 Å². The molecule has 6 nitrogen and oxygen atoms in total. The number of alkyl halides is 2. The molecule has 0 bridgehead atoms. The fourth-order valence-electron chi connectivity index (χ4n) is 4.07. The van der Waals surface area contributed by atoms with Crippen molar-refractivity contribution in [3.8, 4) is 11.3 Å². The second-order valence-electron chi connectivity index (χ2n) is 7.45. The van der Waals surface area contributed by atoms with Gasteiger partial charge in [0.2, 0.25) is 0 Å². The molecule has 3 aromatic rings. The molecule has 2 unspecified atom stereocenters. The molecular formula is C21H23F2N5O. The Kier molecular flexibility index (Phi) is 5.27. The third kappa shape index (κ3) is 3.48. The summed E-state index contributed by atoms with van der Waals surface area (Å²) in [5.74, 6) is 0.0175. The van der Waals surface area contributed by atoms with Gasteiger partial charge in [0.25, 0.3) is 12.3 Å². The SMILES string of the molecule is CC1CCCN(C(=O)c2cnn3c(-c4ccccc4)cc(C(F)F)nc23)C1CN. The van der Waals surface area contributed by atoms with E-state index in [1.54, 1.807) is 4.90 Å². The first-order chi connectivity index (χ1) is 14.0. The van der Waals surface area contributed by atoms with Crippen molar-refractivity contribution >= 4 is 11.6 Å². The Morgan fingerprint density at radius 2 is 2.07 bits per heavy atom. The van der Waals surface area contributed by atoms with Crippen LogP contribution in [0, 0.1) is 5.92 Å². The van der Waals surface area contributed by atoms with Crippen LogP contribution in [0.4, 0.5) is 8.78 Å². The molecule has 29 heavy (non-hydrogen) atoms. The minimum absolute atomic E-state index is 0.0851. The van der Waals surface area contributed by atoms with Crippen molar-refractivity contribution in [2.75, 3.05) is 13.1 Å². The zero-order valence-electron chi connectivity index (χ0n) is 16.1. The number of fused-ring (bicyclic) bond motifs is 1. The van der Waals surface area contributed by atoms with Crippen LogP contribution in [0.15, 0.2) is 42.6 Å². The Morgan fingerprint density at radius 1 is 1.31 bits per heavy atom. The highest BCUT2D eigenvalue weighted by atomic mass is 19.3. The number of nitrogens with two attached hydrogens (primary N) is 1. The van der Waals surface area contributed by atoms with Crippen LogP contribution in [0.3, 0.4) is 0 Å². The van der Waals surface area contributed by atoms with Crippen LogP contribution in [0.2, 0.25) is 0 Å². The number of aromatic nitrogens is 3. The number of carbonyl (C=O) groups excluding carboxylic acids is 1. The second-order valence-corrected chi connectivity index (χ2v) is 7.45. The molecule has 1 aromatic carbocycles. The molecule has 1 saturated heterocycles. The summed E-state index contributed by atoms with van der Waals surface area (Å²) in [6.07, 6.45) is 0.547. The molecule has 8 heteroatoms. The van der Waals surface area contributed by atoms with E-state index in [2.05, 4.69) is 17.0 Å². The minimum Gasteiger partial charge on any atom is -0.334 e. The quantitative estimate of drug-likeness (QED) is 0.728. The fourth-order valence-corrected chi connectivity index (χ4v) is 4.07. The summed E-state index contributed by atoms with van der Waals surface area (Å²) in [4.78, 5) is 19.1. The molecule has 152 valence electrons. The van der Waals surface area contributed by atoms with Gasteiger partial charge < -0.3 is 10.6 Å². The summed E-state index contributed by atoms with van der Waals surface area (Å²) in [6, 6.07) is 10.3. The highest BCUT2D eigenvalue weighted by Crippen LogP contribution is 2.29. The monoisotopic (exact) mass is 399 g/mol. The number of halogens is 2. The first-order valence-electron chi connectivity index (χ1n) is 9.74. The molecule has 1 fully saturated rings. The van der Waals surface area contributed by atoms with Gasteiger partial charge in [-0.15, -0.1) is 0 Å². The Morgan fingerprint density at radius 3 is 2.76 bits per heavy atom. The predicted molar refractivity (Wildman–Crippen MR) is 106 cm³/mol. The van der Waals surface area contributed by atoms with E-state index < -0.39 is 6.43 Å². The van der Waals surface area contributed by atoms with Crippen LogP contribution in [-0.2, 0) is 0 Å². The number of likely N-dealkylation sites (tertiary alicyclic amines) is 1. The third-order valence-electron chi connectivity index (χ3n) is 5.63. The van der Waals surface area contributed by atoms with Crippen LogP contribution in [0.5, 0.6) is 0 Å². The third-order valence-corrected chi connectivity index (χ3v) is 5.63. The molecule has 1 amide bonds. The Balaban J connectivity index is 1.84. The molecule has 1 aliphatic heterocycles. The number of amides is 1. The second kappa shape index (κ2) is 7.87. The van der Waals surface area contributed by atoms with Gasteiger partial charge in [0, 0.05) is 24.7 Å². The topological polar surface area (TPSA) is 76.5 Å². The summed E-state index contributed by atoms with van der Waals surface area (Å²) in [5.41, 5.74) is 7.08. The average molecular weight is 399 g/mol. The Bertz CT molecular complexity index is 1020. The maximum absolute atomic E-state index is 13.5. The van der Waals surface area contributed by atoms with Crippen LogP contribution >= 0.6 is 0 Å². The number of carbonyl (C=O) groups is 1. The van der Waals surface area contributed by atoms with Gasteiger partial charge in [-0.25, -0.2) is 18.3 Å². The number of benzene rings is 1. The predicted octanol–water partition coefficient (Wildman–Crippen LogP) is 3.53. The molecule has 0 spiro atoms. The summed E-state index contributed by atoms with van der Waals surface area (Å²) < 4.78 is 28.6. The van der Waals surface area contributed by atoms with Crippen LogP contribution < -0.4 is 5.73 Å². The lowest BCUT2D eigenvalue weighted by molar-refractivity contribution is 0.0534. The van der Waals surface area contributed by atoms with Crippen molar-refractivity contribution in [3.05, 3.63) is 53.9 Å². The lowest BCUT2D eigenvalue weighted by Crippen LogP contribution is -2.51. The summed E-state index contributed by atoms with van der Waals surface area (Å²) in [6.45, 7) is 3.02. The molecule has 2 N–H and O–H groups in total. The maximum Gasteiger partial charge on any atom is 0.280 e. The van der Waals surface area contributed by atoms with E-state index in [0.717, 1.165) is 18.4 Å². The van der Waals surface area contributed by atoms with Gasteiger partial charge in [-0.05, 0) is 24.8 Å². The summed E-state index contributed by atoms with van der Waals surface area (Å²) in [5, 5.41) is 4.31. The Hall–Kier alpha value is -2.87. The highest BCUT2D eigenvalue weighted by Gasteiger charge is 2.33. The first-order valence-corrected chi connectivity index (χ1v) is 9.74. The van der Waals surface area contributed by atoms with E-state index in [1.807, 2.05) is 30.3 Å². The fraction of sp³-hybridized carbons (Fsp3) is 0.381. The standard InChI is InChI=1S/C21H23F2N5O/c1-13-6-5-9-27(18(13)11-24)21(29)15-12-25-28-17(14-7-3-2-4-8-14)10-16(19(22)23)26-20(15)28/h2-4,7-8,10,12-13,18-19H,5-6,9,11,24H2,1H3. The number of piperidine rings is 1. The van der Waals surface area contributed by atoms with Crippen molar-refractivity contribution < 1.29 is 13.6 Å². The lowest BCUT2D eigenvalue weighted by atomic mass is 9.90. The molecule has 0 radical (unpaired) electrons. The lowest BCUT2D eigenvalue weighted by Gasteiger charge is -2.39. The molecular weight excluding hydrogens is 376 g/mol. The van der Waals surface area contributed by atoms with Crippen LogP contribution in [0.25, 0.3) is 16.9 Å². The molecule has 2 atom stereocenters. The number of rotatable bonds is 4. The van der Waals surface area contributed by atoms with Gasteiger partial charge in [-0.2, -0.15) is 5.10 Å². The average Bonchev–Trinajstić information content (AvgIpc) is 3.17. The molecule has 3 heterocycles. The Labute approximate surface area is 167 Å². The van der Waals surface area contributed by atoms with E-state index >= 15 is 0 Å². The van der Waals surface area contributed by atoms with E-state index in [1.165, 1.54) is 16.8 Å².